The second-order valence-electron chi connectivity index (χ2n) is 6.14. The van der Waals surface area contributed by atoms with Crippen LogP contribution in [0, 0.1) is 6.92 Å². The Morgan fingerprint density at radius 3 is 2.82 bits per heavy atom. The van der Waals surface area contributed by atoms with E-state index in [1.54, 1.807) is 37.4 Å². The van der Waals surface area contributed by atoms with Gasteiger partial charge in [-0.1, -0.05) is 17.7 Å². The number of amides is 1. The molecule has 0 fully saturated rings. The lowest BCUT2D eigenvalue weighted by Gasteiger charge is -2.15. The fourth-order valence-corrected chi connectivity index (χ4v) is 3.67. The number of hydrogen-bond donors (Lipinski definition) is 1. The zero-order valence-electron chi connectivity index (χ0n) is 15.5. The Bertz CT molecular complexity index is 1120. The van der Waals surface area contributed by atoms with Gasteiger partial charge in [0.05, 0.1) is 23.9 Å². The van der Waals surface area contributed by atoms with E-state index in [0.29, 0.717) is 15.5 Å². The van der Waals surface area contributed by atoms with Gasteiger partial charge in [0.1, 0.15) is 10.9 Å². The maximum Gasteiger partial charge on any atom is 0.339 e. The number of halogens is 1. The number of anilines is 1. The minimum Gasteiger partial charge on any atom is -0.462 e. The van der Waals surface area contributed by atoms with E-state index in [2.05, 4.69) is 10.3 Å². The second kappa shape index (κ2) is 8.12. The van der Waals surface area contributed by atoms with Crippen LogP contribution in [-0.4, -0.2) is 28.0 Å². The Kier molecular flexibility index (Phi) is 5.81. The van der Waals surface area contributed by atoms with Crippen LogP contribution in [0.2, 0.25) is 5.02 Å². The van der Waals surface area contributed by atoms with Crippen molar-refractivity contribution in [2.75, 3.05) is 11.9 Å². The molecular formula is C19H18ClN3O4S. The van der Waals surface area contributed by atoms with Crippen LogP contribution < -0.4 is 10.9 Å². The largest absolute Gasteiger partial charge is 0.462 e. The fourth-order valence-electron chi connectivity index (χ4n) is 2.62. The van der Waals surface area contributed by atoms with Gasteiger partial charge in [-0.15, -0.1) is 11.3 Å². The lowest BCUT2D eigenvalue weighted by atomic mass is 10.2. The molecule has 1 aromatic carbocycles. The number of benzene rings is 1. The predicted molar refractivity (Wildman–Crippen MR) is 109 cm³/mol. The van der Waals surface area contributed by atoms with Crippen LogP contribution in [0.4, 0.5) is 5.69 Å². The first-order chi connectivity index (χ1) is 13.3. The van der Waals surface area contributed by atoms with Crippen LogP contribution in [0.1, 0.15) is 35.8 Å². The molecule has 0 radical (unpaired) electrons. The quantitative estimate of drug-likeness (QED) is 0.635. The van der Waals surface area contributed by atoms with E-state index in [0.717, 1.165) is 5.56 Å². The maximum atomic E-state index is 12.9. The van der Waals surface area contributed by atoms with Crippen LogP contribution in [0.15, 0.2) is 34.7 Å². The van der Waals surface area contributed by atoms with Gasteiger partial charge in [0, 0.05) is 16.1 Å². The molecule has 3 rings (SSSR count). The van der Waals surface area contributed by atoms with Gasteiger partial charge in [0.15, 0.2) is 0 Å². The molecule has 146 valence electrons. The Hall–Kier alpha value is -2.71. The third-order valence-electron chi connectivity index (χ3n) is 4.25. The number of esters is 1. The summed E-state index contributed by atoms with van der Waals surface area (Å²) in [6, 6.07) is 4.32. The van der Waals surface area contributed by atoms with Gasteiger partial charge in [-0.2, -0.15) is 0 Å². The number of aryl methyl sites for hydroxylation is 1. The van der Waals surface area contributed by atoms with Crippen LogP contribution in [0.25, 0.3) is 10.2 Å². The first kappa shape index (κ1) is 20.0. The highest BCUT2D eigenvalue weighted by molar-refractivity contribution is 7.17. The first-order valence-electron chi connectivity index (χ1n) is 8.56. The van der Waals surface area contributed by atoms with Gasteiger partial charge in [0.2, 0.25) is 5.91 Å². The number of thiophene rings is 1. The average Bonchev–Trinajstić information content (AvgIpc) is 3.10. The molecule has 1 amide bonds. The second-order valence-corrected chi connectivity index (χ2v) is 7.40. The van der Waals surface area contributed by atoms with E-state index < -0.39 is 23.5 Å². The molecule has 0 bridgehead atoms. The maximum absolute atomic E-state index is 12.9. The SMILES string of the molecule is CCOC(=O)c1csc2ncn(C(C)C(=O)Nc3ccc(C)c(Cl)c3)c(=O)c12. The Balaban J connectivity index is 1.93. The predicted octanol–water partition coefficient (Wildman–Crippen LogP) is 3.80. The Morgan fingerprint density at radius 1 is 1.39 bits per heavy atom. The summed E-state index contributed by atoms with van der Waals surface area (Å²) in [5.41, 5.74) is 1.10. The number of fused-ring (bicyclic) bond motifs is 1. The monoisotopic (exact) mass is 419 g/mol. The van der Waals surface area contributed by atoms with E-state index >= 15 is 0 Å². The highest BCUT2D eigenvalue weighted by Gasteiger charge is 2.22. The van der Waals surface area contributed by atoms with Crippen molar-refractivity contribution in [2.45, 2.75) is 26.8 Å². The van der Waals surface area contributed by atoms with Crippen molar-refractivity contribution < 1.29 is 14.3 Å². The van der Waals surface area contributed by atoms with Gasteiger partial charge in [-0.3, -0.25) is 14.2 Å². The van der Waals surface area contributed by atoms with Crippen molar-refractivity contribution in [2.24, 2.45) is 0 Å². The van der Waals surface area contributed by atoms with Crippen LogP contribution >= 0.6 is 22.9 Å². The van der Waals surface area contributed by atoms with Crippen LogP contribution in [0.3, 0.4) is 0 Å². The summed E-state index contributed by atoms with van der Waals surface area (Å²) in [6.45, 7) is 5.32. The number of ether oxygens (including phenoxy) is 1. The molecular weight excluding hydrogens is 402 g/mol. The summed E-state index contributed by atoms with van der Waals surface area (Å²) in [4.78, 5) is 42.3. The third kappa shape index (κ3) is 3.79. The summed E-state index contributed by atoms with van der Waals surface area (Å²) in [6.07, 6.45) is 1.31. The molecule has 0 aliphatic rings. The molecule has 0 spiro atoms. The molecule has 9 heteroatoms. The number of nitrogens with one attached hydrogen (secondary N) is 1. The molecule has 3 aromatic rings. The smallest absolute Gasteiger partial charge is 0.339 e. The molecule has 2 heterocycles. The molecule has 1 N–H and O–H groups in total. The number of carbonyl (C=O) groups excluding carboxylic acids is 2. The van der Waals surface area contributed by atoms with Gasteiger partial charge < -0.3 is 10.1 Å². The lowest BCUT2D eigenvalue weighted by Crippen LogP contribution is -2.32. The van der Waals surface area contributed by atoms with Gasteiger partial charge in [-0.05, 0) is 38.5 Å². The average molecular weight is 420 g/mol. The van der Waals surface area contributed by atoms with Crippen molar-refractivity contribution in [1.82, 2.24) is 9.55 Å². The standard InChI is InChI=1S/C19H18ClN3O4S/c1-4-27-19(26)13-8-28-17-15(13)18(25)23(9-21-17)11(3)16(24)22-12-6-5-10(2)14(20)7-12/h5-9,11H,4H2,1-3H3,(H,22,24). The zero-order valence-corrected chi connectivity index (χ0v) is 17.1. The molecule has 28 heavy (non-hydrogen) atoms. The Labute approximate surface area is 169 Å². The Morgan fingerprint density at radius 2 is 2.14 bits per heavy atom. The number of nitrogens with zero attached hydrogens (tertiary/aromatic N) is 2. The molecule has 1 atom stereocenters. The van der Waals surface area contributed by atoms with Crippen molar-refractivity contribution in [3.63, 3.8) is 0 Å². The number of aromatic nitrogens is 2. The van der Waals surface area contributed by atoms with E-state index in [9.17, 15) is 14.4 Å². The fraction of sp³-hybridized carbons (Fsp3) is 0.263. The van der Waals surface area contributed by atoms with Crippen LogP contribution in [0.5, 0.6) is 0 Å². The molecule has 0 aliphatic carbocycles. The normalized spacial score (nSPS) is 12.0. The summed E-state index contributed by atoms with van der Waals surface area (Å²) in [5, 5.41) is 4.96. The zero-order chi connectivity index (χ0) is 20.4. The summed E-state index contributed by atoms with van der Waals surface area (Å²) >= 11 is 7.26. The van der Waals surface area contributed by atoms with Crippen LogP contribution in [-0.2, 0) is 9.53 Å². The highest BCUT2D eigenvalue weighted by Crippen LogP contribution is 2.23. The summed E-state index contributed by atoms with van der Waals surface area (Å²) in [5.74, 6) is -0.993. The van der Waals surface area contributed by atoms with Gasteiger partial charge in [-0.25, -0.2) is 9.78 Å². The van der Waals surface area contributed by atoms with E-state index in [1.165, 1.54) is 22.2 Å². The lowest BCUT2D eigenvalue weighted by molar-refractivity contribution is -0.118. The third-order valence-corrected chi connectivity index (χ3v) is 5.54. The number of carbonyl (C=O) groups is 2. The first-order valence-corrected chi connectivity index (χ1v) is 9.81. The van der Waals surface area contributed by atoms with Gasteiger partial charge >= 0.3 is 5.97 Å². The van der Waals surface area contributed by atoms with Gasteiger partial charge in [0.25, 0.3) is 5.56 Å². The van der Waals surface area contributed by atoms with Crippen molar-refractivity contribution in [3.05, 3.63) is 56.4 Å². The van der Waals surface area contributed by atoms with Crippen molar-refractivity contribution in [3.8, 4) is 0 Å². The summed E-state index contributed by atoms with van der Waals surface area (Å²) in [7, 11) is 0. The minimum atomic E-state index is -0.848. The minimum absolute atomic E-state index is 0.156. The molecule has 0 saturated carbocycles. The molecule has 0 saturated heterocycles. The molecule has 0 aliphatic heterocycles. The van der Waals surface area contributed by atoms with Crippen molar-refractivity contribution >= 4 is 50.7 Å². The van der Waals surface area contributed by atoms with E-state index in [-0.39, 0.29) is 17.6 Å². The topological polar surface area (TPSA) is 90.3 Å². The molecule has 1 unspecified atom stereocenters. The van der Waals surface area contributed by atoms with E-state index in [1.807, 2.05) is 6.92 Å². The number of hydrogen-bond acceptors (Lipinski definition) is 6. The van der Waals surface area contributed by atoms with Crippen molar-refractivity contribution in [1.29, 1.82) is 0 Å². The molecule has 7 nitrogen and oxygen atoms in total. The van der Waals surface area contributed by atoms with E-state index in [4.69, 9.17) is 16.3 Å². The highest BCUT2D eigenvalue weighted by atomic mass is 35.5. The molecule has 2 aromatic heterocycles. The summed E-state index contributed by atoms with van der Waals surface area (Å²) < 4.78 is 6.19. The number of rotatable bonds is 5.